The molecule has 9 nitrogen and oxygen atoms in total. The number of primary sulfonamides is 1. The van der Waals surface area contributed by atoms with E-state index in [-0.39, 0.29) is 16.3 Å². The van der Waals surface area contributed by atoms with Crippen molar-refractivity contribution < 1.29 is 26.4 Å². The van der Waals surface area contributed by atoms with E-state index in [0.29, 0.717) is 24.3 Å². The van der Waals surface area contributed by atoms with Crippen LogP contribution >= 0.6 is 0 Å². The van der Waals surface area contributed by atoms with Crippen molar-refractivity contribution in [3.05, 3.63) is 48.5 Å². The van der Waals surface area contributed by atoms with Crippen molar-refractivity contribution in [3.63, 3.8) is 0 Å². The molecule has 156 valence electrons. The molecular formula is C18H21N3O6S2. The Morgan fingerprint density at radius 2 is 1.62 bits per heavy atom. The molecule has 1 aliphatic heterocycles. The van der Waals surface area contributed by atoms with Crippen LogP contribution < -0.4 is 15.2 Å². The van der Waals surface area contributed by atoms with Crippen LogP contribution in [0.1, 0.15) is 12.8 Å². The number of carbonyl (C=O) groups excluding carboxylic acids is 1. The fraction of sp³-hybridized carbons (Fsp3) is 0.278. The van der Waals surface area contributed by atoms with Gasteiger partial charge >= 0.3 is 0 Å². The first kappa shape index (κ1) is 21.2. The maximum Gasteiger partial charge on any atom is 0.243 e. The minimum absolute atomic E-state index is 0.0792. The van der Waals surface area contributed by atoms with Gasteiger partial charge in [-0.3, -0.25) is 4.79 Å². The average molecular weight is 440 g/mol. The molecule has 3 N–H and O–H groups in total. The van der Waals surface area contributed by atoms with E-state index >= 15 is 0 Å². The number of sulfonamides is 2. The van der Waals surface area contributed by atoms with Gasteiger partial charge in [0.15, 0.2) is 0 Å². The minimum atomic E-state index is -3.86. The molecule has 1 saturated heterocycles. The van der Waals surface area contributed by atoms with Crippen molar-refractivity contribution in [1.29, 1.82) is 0 Å². The van der Waals surface area contributed by atoms with Crippen LogP contribution in [0.25, 0.3) is 0 Å². The second-order valence-corrected chi connectivity index (χ2v) is 9.96. The molecule has 0 bridgehead atoms. The molecule has 0 aliphatic carbocycles. The topological polar surface area (TPSA) is 136 Å². The third-order valence-electron chi connectivity index (χ3n) is 4.62. The predicted molar refractivity (Wildman–Crippen MR) is 106 cm³/mol. The third-order valence-corrected chi connectivity index (χ3v) is 7.47. The number of nitrogens with one attached hydrogen (secondary N) is 1. The molecule has 0 saturated carbocycles. The van der Waals surface area contributed by atoms with Crippen molar-refractivity contribution in [2.24, 2.45) is 5.14 Å². The first-order valence-electron chi connectivity index (χ1n) is 8.72. The molecule has 2 aromatic carbocycles. The normalized spacial score (nSPS) is 17.8. The molecular weight excluding hydrogens is 418 g/mol. The largest absolute Gasteiger partial charge is 0.497 e. The molecule has 3 rings (SSSR count). The average Bonchev–Trinajstić information content (AvgIpc) is 3.19. The van der Waals surface area contributed by atoms with Crippen LogP contribution in [0.2, 0.25) is 0 Å². The number of hydrogen-bond donors (Lipinski definition) is 2. The summed E-state index contributed by atoms with van der Waals surface area (Å²) in [6.45, 7) is 0.233. The second-order valence-electron chi connectivity index (χ2n) is 6.51. The Kier molecular flexibility index (Phi) is 5.94. The summed E-state index contributed by atoms with van der Waals surface area (Å²) < 4.78 is 54.8. The second kappa shape index (κ2) is 8.11. The highest BCUT2D eigenvalue weighted by Crippen LogP contribution is 2.28. The third kappa shape index (κ3) is 4.58. The summed E-state index contributed by atoms with van der Waals surface area (Å²) in [4.78, 5) is 12.7. The SMILES string of the molecule is COc1ccc(S(=O)(=O)N2CCCC2C(=O)Nc2ccc(S(N)(=O)=O)cc2)cc1. The summed E-state index contributed by atoms with van der Waals surface area (Å²) >= 11 is 0. The molecule has 11 heteroatoms. The summed E-state index contributed by atoms with van der Waals surface area (Å²) in [7, 11) is -6.21. The minimum Gasteiger partial charge on any atom is -0.497 e. The van der Waals surface area contributed by atoms with Gasteiger partial charge in [0.2, 0.25) is 26.0 Å². The summed E-state index contributed by atoms with van der Waals surface area (Å²) in [5.41, 5.74) is 0.344. The Labute approximate surface area is 169 Å². The van der Waals surface area contributed by atoms with Gasteiger partial charge in [0, 0.05) is 12.2 Å². The molecule has 29 heavy (non-hydrogen) atoms. The molecule has 1 unspecified atom stereocenters. The van der Waals surface area contributed by atoms with E-state index in [0.717, 1.165) is 0 Å². The Balaban J connectivity index is 1.78. The van der Waals surface area contributed by atoms with Crippen LogP contribution in [0.15, 0.2) is 58.3 Å². The zero-order chi connectivity index (χ0) is 21.2. The van der Waals surface area contributed by atoms with Crippen LogP contribution in [-0.4, -0.2) is 46.7 Å². The maximum atomic E-state index is 13.0. The van der Waals surface area contributed by atoms with E-state index in [1.54, 1.807) is 12.1 Å². The van der Waals surface area contributed by atoms with Gasteiger partial charge in [-0.25, -0.2) is 22.0 Å². The van der Waals surface area contributed by atoms with Gasteiger partial charge < -0.3 is 10.1 Å². The van der Waals surface area contributed by atoms with E-state index in [2.05, 4.69) is 5.32 Å². The molecule has 1 amide bonds. The Bertz CT molecular complexity index is 1100. The molecule has 1 aliphatic rings. The van der Waals surface area contributed by atoms with Crippen molar-refractivity contribution in [2.75, 3.05) is 19.0 Å². The lowest BCUT2D eigenvalue weighted by Crippen LogP contribution is -2.43. The zero-order valence-corrected chi connectivity index (χ0v) is 17.2. The number of nitrogens with two attached hydrogens (primary N) is 1. The molecule has 0 radical (unpaired) electrons. The monoisotopic (exact) mass is 439 g/mol. The number of amides is 1. The summed E-state index contributed by atoms with van der Waals surface area (Å²) in [6, 6.07) is 10.4. The Morgan fingerprint density at radius 3 is 2.17 bits per heavy atom. The Morgan fingerprint density at radius 1 is 1.03 bits per heavy atom. The van der Waals surface area contributed by atoms with E-state index in [1.807, 2.05) is 0 Å². The van der Waals surface area contributed by atoms with E-state index in [4.69, 9.17) is 9.88 Å². The highest BCUT2D eigenvalue weighted by atomic mass is 32.2. The van der Waals surface area contributed by atoms with Gasteiger partial charge in [-0.2, -0.15) is 4.31 Å². The first-order valence-corrected chi connectivity index (χ1v) is 11.7. The van der Waals surface area contributed by atoms with Crippen LogP contribution in [0.5, 0.6) is 5.75 Å². The summed E-state index contributed by atoms with van der Waals surface area (Å²) in [6.07, 6.45) is 0.939. The lowest BCUT2D eigenvalue weighted by atomic mass is 10.2. The molecule has 2 aromatic rings. The van der Waals surface area contributed by atoms with E-state index < -0.39 is 32.0 Å². The molecule has 1 atom stereocenters. The van der Waals surface area contributed by atoms with Gasteiger partial charge in [-0.1, -0.05) is 0 Å². The number of nitrogens with zero attached hydrogens (tertiary/aromatic N) is 1. The van der Waals surface area contributed by atoms with Gasteiger partial charge in [-0.15, -0.1) is 0 Å². The van der Waals surface area contributed by atoms with Gasteiger partial charge in [0.25, 0.3) is 0 Å². The molecule has 0 aromatic heterocycles. The quantitative estimate of drug-likeness (QED) is 0.693. The van der Waals surface area contributed by atoms with Crippen LogP contribution in [0, 0.1) is 0 Å². The lowest BCUT2D eigenvalue weighted by molar-refractivity contribution is -0.119. The molecule has 1 heterocycles. The number of methoxy groups -OCH3 is 1. The summed E-state index contributed by atoms with van der Waals surface area (Å²) in [5, 5.41) is 7.68. The van der Waals surface area contributed by atoms with Crippen molar-refractivity contribution >= 4 is 31.6 Å². The van der Waals surface area contributed by atoms with E-state index in [9.17, 15) is 21.6 Å². The number of ether oxygens (including phenoxy) is 1. The molecule has 0 spiro atoms. The van der Waals surface area contributed by atoms with Crippen molar-refractivity contribution in [3.8, 4) is 5.75 Å². The summed E-state index contributed by atoms with van der Waals surface area (Å²) in [5.74, 6) is 0.0468. The van der Waals surface area contributed by atoms with Crippen molar-refractivity contribution in [1.82, 2.24) is 4.31 Å². The number of hydrogen-bond acceptors (Lipinski definition) is 6. The van der Waals surface area contributed by atoms with Crippen LogP contribution in [0.3, 0.4) is 0 Å². The molecule has 1 fully saturated rings. The predicted octanol–water partition coefficient (Wildman–Crippen LogP) is 1.13. The van der Waals surface area contributed by atoms with Crippen LogP contribution in [0.4, 0.5) is 5.69 Å². The number of anilines is 1. The first-order chi connectivity index (χ1) is 13.6. The standard InChI is InChI=1S/C18H21N3O6S2/c1-27-14-6-10-16(11-7-14)29(25,26)21-12-2-3-17(21)18(22)20-13-4-8-15(9-5-13)28(19,23)24/h4-11,17H,2-3,12H2,1H3,(H,20,22)(H2,19,23,24). The number of carbonyl (C=O) groups is 1. The number of benzene rings is 2. The van der Waals surface area contributed by atoms with Crippen molar-refractivity contribution in [2.45, 2.75) is 28.7 Å². The maximum absolute atomic E-state index is 13.0. The smallest absolute Gasteiger partial charge is 0.243 e. The zero-order valence-electron chi connectivity index (χ0n) is 15.6. The van der Waals surface area contributed by atoms with E-state index in [1.165, 1.54) is 47.8 Å². The lowest BCUT2D eigenvalue weighted by Gasteiger charge is -2.23. The Hall–Kier alpha value is -2.47. The van der Waals surface area contributed by atoms with Gasteiger partial charge in [0.1, 0.15) is 11.8 Å². The number of rotatable bonds is 6. The highest BCUT2D eigenvalue weighted by molar-refractivity contribution is 7.89. The fourth-order valence-electron chi connectivity index (χ4n) is 3.13. The van der Waals surface area contributed by atoms with Gasteiger partial charge in [-0.05, 0) is 61.4 Å². The van der Waals surface area contributed by atoms with Crippen LogP contribution in [-0.2, 0) is 24.8 Å². The van der Waals surface area contributed by atoms with Gasteiger partial charge in [0.05, 0.1) is 16.9 Å². The highest BCUT2D eigenvalue weighted by Gasteiger charge is 2.39. The fourth-order valence-corrected chi connectivity index (χ4v) is 5.30.